The molecular formula is C25H19F3N6O3. The SMILES string of the molecule is O=c1cc(-n2nc(-c3ccc(C(F)(F)F)cc3)c3ncccc32)ccn1Cc1ccnc(OCCO)n1. The molecule has 5 aromatic rings. The van der Waals surface area contributed by atoms with Crippen LogP contribution < -0.4 is 10.3 Å². The largest absolute Gasteiger partial charge is 0.461 e. The van der Waals surface area contributed by atoms with E-state index in [1.54, 1.807) is 36.7 Å². The topological polar surface area (TPSA) is 108 Å². The number of aliphatic hydroxyl groups is 1. The zero-order valence-electron chi connectivity index (χ0n) is 19.1. The summed E-state index contributed by atoms with van der Waals surface area (Å²) in [6.07, 6.45) is 0.220. The molecular weight excluding hydrogens is 489 g/mol. The number of halogens is 3. The number of ether oxygens (including phenoxy) is 1. The Hall–Kier alpha value is -4.58. The van der Waals surface area contributed by atoms with Crippen molar-refractivity contribution in [3.63, 3.8) is 0 Å². The van der Waals surface area contributed by atoms with Crippen LogP contribution in [-0.4, -0.2) is 47.6 Å². The molecule has 37 heavy (non-hydrogen) atoms. The Morgan fingerprint density at radius 2 is 1.81 bits per heavy atom. The Bertz CT molecular complexity index is 1610. The van der Waals surface area contributed by atoms with E-state index in [-0.39, 0.29) is 31.3 Å². The van der Waals surface area contributed by atoms with Crippen LogP contribution in [0.2, 0.25) is 0 Å². The molecule has 0 spiro atoms. The summed E-state index contributed by atoms with van der Waals surface area (Å²) in [4.78, 5) is 25.5. The molecule has 0 atom stereocenters. The molecule has 4 aromatic heterocycles. The van der Waals surface area contributed by atoms with Crippen LogP contribution >= 0.6 is 0 Å². The molecule has 0 saturated carbocycles. The van der Waals surface area contributed by atoms with Crippen molar-refractivity contribution < 1.29 is 23.0 Å². The van der Waals surface area contributed by atoms with Gasteiger partial charge in [-0.3, -0.25) is 9.78 Å². The molecule has 0 fully saturated rings. The van der Waals surface area contributed by atoms with E-state index in [9.17, 15) is 18.0 Å². The Morgan fingerprint density at radius 1 is 1.00 bits per heavy atom. The molecule has 1 N–H and O–H groups in total. The molecule has 0 unspecified atom stereocenters. The molecule has 188 valence electrons. The zero-order chi connectivity index (χ0) is 26.0. The Labute approximate surface area is 207 Å². The summed E-state index contributed by atoms with van der Waals surface area (Å²) >= 11 is 0. The number of pyridine rings is 2. The summed E-state index contributed by atoms with van der Waals surface area (Å²) in [5.74, 6) is 0. The highest BCUT2D eigenvalue weighted by Gasteiger charge is 2.30. The van der Waals surface area contributed by atoms with Gasteiger partial charge in [-0.1, -0.05) is 12.1 Å². The van der Waals surface area contributed by atoms with Gasteiger partial charge >= 0.3 is 12.2 Å². The number of aliphatic hydroxyl groups excluding tert-OH is 1. The van der Waals surface area contributed by atoms with Gasteiger partial charge in [-0.25, -0.2) is 9.67 Å². The normalized spacial score (nSPS) is 11.7. The second kappa shape index (κ2) is 9.82. The molecule has 9 nitrogen and oxygen atoms in total. The molecule has 0 saturated heterocycles. The number of hydrogen-bond acceptors (Lipinski definition) is 7. The monoisotopic (exact) mass is 508 g/mol. The van der Waals surface area contributed by atoms with Crippen LogP contribution in [0.1, 0.15) is 11.3 Å². The van der Waals surface area contributed by atoms with E-state index in [2.05, 4.69) is 20.1 Å². The van der Waals surface area contributed by atoms with Crippen molar-refractivity contribution in [1.29, 1.82) is 0 Å². The predicted octanol–water partition coefficient (Wildman–Crippen LogP) is 3.48. The maximum atomic E-state index is 13.0. The number of alkyl halides is 3. The predicted molar refractivity (Wildman–Crippen MR) is 127 cm³/mol. The van der Waals surface area contributed by atoms with Crippen LogP contribution in [-0.2, 0) is 12.7 Å². The van der Waals surface area contributed by atoms with E-state index in [0.717, 1.165) is 12.1 Å². The minimum Gasteiger partial charge on any atom is -0.461 e. The van der Waals surface area contributed by atoms with E-state index in [4.69, 9.17) is 9.84 Å². The average molecular weight is 508 g/mol. The van der Waals surface area contributed by atoms with Gasteiger partial charge in [0.25, 0.3) is 5.56 Å². The molecule has 0 aliphatic rings. The number of aromatic nitrogens is 6. The average Bonchev–Trinajstić information content (AvgIpc) is 3.28. The zero-order valence-corrected chi connectivity index (χ0v) is 19.1. The lowest BCUT2D eigenvalue weighted by Gasteiger charge is -2.09. The van der Waals surface area contributed by atoms with Gasteiger partial charge in [0.15, 0.2) is 0 Å². The third-order valence-electron chi connectivity index (χ3n) is 5.49. The molecule has 0 bridgehead atoms. The van der Waals surface area contributed by atoms with Crippen molar-refractivity contribution in [2.75, 3.05) is 13.2 Å². The van der Waals surface area contributed by atoms with Gasteiger partial charge in [-0.15, -0.1) is 0 Å². The molecule has 0 aliphatic carbocycles. The van der Waals surface area contributed by atoms with Crippen LogP contribution in [0, 0.1) is 0 Å². The molecule has 0 aliphatic heterocycles. The first-order valence-electron chi connectivity index (χ1n) is 11.1. The third-order valence-corrected chi connectivity index (χ3v) is 5.49. The first kappa shape index (κ1) is 24.1. The van der Waals surface area contributed by atoms with Gasteiger partial charge in [0.1, 0.15) is 17.8 Å². The van der Waals surface area contributed by atoms with Crippen LogP contribution in [0.25, 0.3) is 28.0 Å². The van der Waals surface area contributed by atoms with Crippen molar-refractivity contribution >= 4 is 11.0 Å². The van der Waals surface area contributed by atoms with Gasteiger partial charge in [0.05, 0.1) is 35.6 Å². The number of fused-ring (bicyclic) bond motifs is 1. The van der Waals surface area contributed by atoms with Crippen LogP contribution in [0.3, 0.4) is 0 Å². The fraction of sp³-hybridized carbons (Fsp3) is 0.160. The minimum absolute atomic E-state index is 0.0548. The first-order valence-corrected chi connectivity index (χ1v) is 11.1. The van der Waals surface area contributed by atoms with Crippen molar-refractivity contribution in [3.8, 4) is 23.0 Å². The fourth-order valence-electron chi connectivity index (χ4n) is 3.76. The van der Waals surface area contributed by atoms with Gasteiger partial charge in [0, 0.05) is 30.2 Å². The van der Waals surface area contributed by atoms with Crippen LogP contribution in [0.5, 0.6) is 6.01 Å². The quantitative estimate of drug-likeness (QED) is 0.359. The van der Waals surface area contributed by atoms with Gasteiger partial charge in [-0.2, -0.15) is 23.3 Å². The van der Waals surface area contributed by atoms with E-state index >= 15 is 0 Å². The van der Waals surface area contributed by atoms with Crippen molar-refractivity contribution in [2.45, 2.75) is 12.7 Å². The maximum Gasteiger partial charge on any atom is 0.416 e. The Morgan fingerprint density at radius 3 is 2.54 bits per heavy atom. The highest BCUT2D eigenvalue weighted by atomic mass is 19.4. The second-order valence-corrected chi connectivity index (χ2v) is 7.96. The Balaban J connectivity index is 1.48. The molecule has 0 amide bonds. The lowest BCUT2D eigenvalue weighted by atomic mass is 10.1. The second-order valence-electron chi connectivity index (χ2n) is 7.96. The first-order chi connectivity index (χ1) is 17.8. The number of benzene rings is 1. The van der Waals surface area contributed by atoms with Crippen molar-refractivity contribution in [2.24, 2.45) is 0 Å². The van der Waals surface area contributed by atoms with Gasteiger partial charge in [-0.05, 0) is 36.4 Å². The molecule has 0 radical (unpaired) electrons. The maximum absolute atomic E-state index is 13.0. The summed E-state index contributed by atoms with van der Waals surface area (Å²) < 4.78 is 47.2. The summed E-state index contributed by atoms with van der Waals surface area (Å²) in [6, 6.07) is 13.0. The van der Waals surface area contributed by atoms with E-state index in [0.29, 0.717) is 33.7 Å². The highest BCUT2D eigenvalue weighted by Crippen LogP contribution is 2.33. The number of nitrogens with zero attached hydrogens (tertiary/aromatic N) is 6. The molecule has 12 heteroatoms. The summed E-state index contributed by atoms with van der Waals surface area (Å²) in [5, 5.41) is 13.5. The lowest BCUT2D eigenvalue weighted by Crippen LogP contribution is -2.21. The van der Waals surface area contributed by atoms with E-state index in [1.165, 1.54) is 33.6 Å². The fourth-order valence-corrected chi connectivity index (χ4v) is 3.76. The number of rotatable bonds is 7. The number of hydrogen-bond donors (Lipinski definition) is 1. The smallest absolute Gasteiger partial charge is 0.416 e. The van der Waals surface area contributed by atoms with E-state index in [1.807, 2.05) is 0 Å². The van der Waals surface area contributed by atoms with E-state index < -0.39 is 11.7 Å². The third kappa shape index (κ3) is 5.05. The van der Waals surface area contributed by atoms with Crippen LogP contribution in [0.15, 0.2) is 78.0 Å². The lowest BCUT2D eigenvalue weighted by molar-refractivity contribution is -0.137. The van der Waals surface area contributed by atoms with Crippen molar-refractivity contribution in [1.82, 2.24) is 29.3 Å². The summed E-state index contributed by atoms with van der Waals surface area (Å²) in [7, 11) is 0. The standard InChI is InChI=1S/C25H19F3N6O3/c26-25(27,28)17-5-3-16(4-6-17)22-23-20(2-1-9-29-23)34(32-22)19-8-11-33(21(36)14-19)15-18-7-10-30-24(31-18)37-13-12-35/h1-11,14,35H,12-13,15H2. The molecule has 4 heterocycles. The Kier molecular flexibility index (Phi) is 6.40. The van der Waals surface area contributed by atoms with Gasteiger partial charge < -0.3 is 14.4 Å². The highest BCUT2D eigenvalue weighted by molar-refractivity contribution is 5.90. The van der Waals surface area contributed by atoms with Gasteiger partial charge in [0.2, 0.25) is 0 Å². The molecule has 1 aromatic carbocycles. The van der Waals surface area contributed by atoms with Crippen molar-refractivity contribution in [3.05, 3.63) is 94.8 Å². The molecule has 5 rings (SSSR count). The summed E-state index contributed by atoms with van der Waals surface area (Å²) in [5.41, 5.74) is 1.86. The summed E-state index contributed by atoms with van der Waals surface area (Å²) in [6.45, 7) is 0.0430. The minimum atomic E-state index is -4.44. The van der Waals surface area contributed by atoms with Crippen LogP contribution in [0.4, 0.5) is 13.2 Å².